The number of aromatic nitrogens is 3. The van der Waals surface area contributed by atoms with Crippen molar-refractivity contribution in [1.82, 2.24) is 14.4 Å². The largest absolute Gasteiger partial charge is 0.424 e. The zero-order chi connectivity index (χ0) is 22.4. The summed E-state index contributed by atoms with van der Waals surface area (Å²) in [6.45, 7) is 4.00. The maximum absolute atomic E-state index is 11.4. The number of nitrogens with zero attached hydrogens (tertiary/aromatic N) is 3. The van der Waals surface area contributed by atoms with Crippen molar-refractivity contribution in [3.63, 3.8) is 0 Å². The first-order chi connectivity index (χ1) is 15.0. The van der Waals surface area contributed by atoms with Crippen LogP contribution in [0.2, 0.25) is 0 Å². The van der Waals surface area contributed by atoms with E-state index in [0.29, 0.717) is 22.4 Å². The van der Waals surface area contributed by atoms with Crippen molar-refractivity contribution < 1.29 is 14.3 Å². The van der Waals surface area contributed by atoms with E-state index in [0.717, 1.165) is 24.0 Å². The lowest BCUT2D eigenvalue weighted by atomic mass is 9.98. The van der Waals surface area contributed by atoms with Crippen LogP contribution >= 0.6 is 0 Å². The molecular formula is C23H29N5O3. The van der Waals surface area contributed by atoms with Gasteiger partial charge < -0.3 is 21.0 Å². The molecule has 1 aromatic carbocycles. The number of pyridine rings is 1. The highest BCUT2D eigenvalue weighted by atomic mass is 16.4. The first-order valence-corrected chi connectivity index (χ1v) is 10.6. The minimum absolute atomic E-state index is 0.0359. The van der Waals surface area contributed by atoms with E-state index in [2.05, 4.69) is 9.97 Å². The van der Waals surface area contributed by atoms with Crippen molar-refractivity contribution in [2.24, 2.45) is 5.73 Å². The predicted octanol–water partition coefficient (Wildman–Crippen LogP) is 4.16. The molecule has 3 heterocycles. The van der Waals surface area contributed by atoms with E-state index in [1.807, 2.05) is 44.3 Å². The molecule has 1 aliphatic carbocycles. The van der Waals surface area contributed by atoms with Gasteiger partial charge in [0, 0.05) is 6.20 Å². The Kier molecular flexibility index (Phi) is 7.25. The molecule has 0 bridgehead atoms. The normalized spacial score (nSPS) is 13.9. The first-order valence-electron chi connectivity index (χ1n) is 10.6. The number of carbonyl (C=O) groups is 1. The monoisotopic (exact) mass is 423 g/mol. The molecule has 8 heteroatoms. The number of benzene rings is 1. The second kappa shape index (κ2) is 10.1. The van der Waals surface area contributed by atoms with Crippen molar-refractivity contribution >= 4 is 28.7 Å². The Hall–Kier alpha value is -3.39. The van der Waals surface area contributed by atoms with Gasteiger partial charge in [-0.1, -0.05) is 39.2 Å². The summed E-state index contributed by atoms with van der Waals surface area (Å²) in [4.78, 5) is 19.7. The van der Waals surface area contributed by atoms with Gasteiger partial charge in [-0.15, -0.1) is 0 Å². The molecule has 8 nitrogen and oxygen atoms in total. The van der Waals surface area contributed by atoms with Crippen LogP contribution in [0.25, 0.3) is 27.9 Å². The topological polar surface area (TPSA) is 133 Å². The van der Waals surface area contributed by atoms with Crippen molar-refractivity contribution in [2.45, 2.75) is 52.1 Å². The number of anilines is 1. The van der Waals surface area contributed by atoms with E-state index >= 15 is 0 Å². The number of hydrogen-bond acceptors (Lipinski definition) is 6. The molecule has 0 aliphatic heterocycles. The summed E-state index contributed by atoms with van der Waals surface area (Å²) in [6.07, 6.45) is 9.20. The fourth-order valence-corrected chi connectivity index (χ4v) is 3.54. The van der Waals surface area contributed by atoms with Crippen LogP contribution in [0.4, 0.5) is 6.01 Å². The number of aliphatic hydroxyl groups is 1. The van der Waals surface area contributed by atoms with Crippen LogP contribution in [0, 0.1) is 0 Å². The number of rotatable bonds is 2. The van der Waals surface area contributed by atoms with E-state index in [1.165, 1.54) is 25.5 Å². The van der Waals surface area contributed by atoms with Crippen LogP contribution in [0.15, 0.2) is 47.1 Å². The van der Waals surface area contributed by atoms with Crippen LogP contribution in [-0.4, -0.2) is 31.5 Å². The number of carbonyl (C=O) groups excluding carboxylic acids is 1. The highest BCUT2D eigenvalue weighted by Crippen LogP contribution is 2.26. The van der Waals surface area contributed by atoms with E-state index < -0.39 is 5.91 Å². The second-order valence-electron chi connectivity index (χ2n) is 7.18. The number of oxazole rings is 1. The number of imidazole rings is 1. The molecule has 0 radical (unpaired) electrons. The highest BCUT2D eigenvalue weighted by Gasteiger charge is 2.11. The molecule has 5 N–H and O–H groups in total. The fourth-order valence-electron chi connectivity index (χ4n) is 3.54. The Balaban J connectivity index is 0.000000256. The third-order valence-corrected chi connectivity index (χ3v) is 5.07. The van der Waals surface area contributed by atoms with Crippen LogP contribution in [-0.2, 0) is 0 Å². The van der Waals surface area contributed by atoms with E-state index in [4.69, 9.17) is 21.0 Å². The van der Waals surface area contributed by atoms with Crippen LogP contribution in [0.5, 0.6) is 0 Å². The van der Waals surface area contributed by atoms with Crippen molar-refractivity contribution in [3.05, 3.63) is 48.4 Å². The van der Waals surface area contributed by atoms with Gasteiger partial charge in [0.15, 0.2) is 5.58 Å². The molecule has 0 spiro atoms. The smallest absolute Gasteiger partial charge is 0.292 e. The van der Waals surface area contributed by atoms with Gasteiger partial charge in [-0.25, -0.2) is 4.98 Å². The maximum atomic E-state index is 11.4. The van der Waals surface area contributed by atoms with Gasteiger partial charge in [-0.05, 0) is 48.2 Å². The molecule has 1 aliphatic rings. The van der Waals surface area contributed by atoms with Gasteiger partial charge in [0.2, 0.25) is 0 Å². The third-order valence-electron chi connectivity index (χ3n) is 5.07. The number of amides is 1. The molecule has 0 saturated heterocycles. The van der Waals surface area contributed by atoms with Gasteiger partial charge in [-0.2, -0.15) is 4.98 Å². The minimum Gasteiger partial charge on any atom is -0.424 e. The summed E-state index contributed by atoms with van der Waals surface area (Å²) in [5, 5.41) is 8.91. The molecule has 0 unspecified atom stereocenters. The number of nitrogen functional groups attached to an aromatic ring is 1. The Morgan fingerprint density at radius 1 is 1.13 bits per heavy atom. The summed E-state index contributed by atoms with van der Waals surface area (Å²) >= 11 is 0. The Morgan fingerprint density at radius 2 is 1.84 bits per heavy atom. The van der Waals surface area contributed by atoms with Crippen molar-refractivity contribution in [1.29, 1.82) is 0 Å². The number of nitrogens with two attached hydrogens (primary N) is 2. The first kappa shape index (κ1) is 22.3. The summed E-state index contributed by atoms with van der Waals surface area (Å²) in [5.41, 5.74) is 15.0. The quantitative estimate of drug-likeness (QED) is 0.443. The average Bonchev–Trinajstić information content (AvgIpc) is 3.37. The van der Waals surface area contributed by atoms with Gasteiger partial charge in [0.25, 0.3) is 11.9 Å². The fraction of sp³-hybridized carbons (Fsp3) is 0.348. The molecule has 0 atom stereocenters. The molecule has 4 aromatic rings. The number of hydrogen-bond donors (Lipinski definition) is 3. The van der Waals surface area contributed by atoms with E-state index in [-0.39, 0.29) is 12.1 Å². The van der Waals surface area contributed by atoms with Gasteiger partial charge in [0.1, 0.15) is 16.9 Å². The molecular weight excluding hydrogens is 394 g/mol. The molecule has 1 saturated carbocycles. The summed E-state index contributed by atoms with van der Waals surface area (Å²) in [5.74, 6) is -0.524. The lowest BCUT2D eigenvalue weighted by Crippen LogP contribution is -2.13. The standard InChI is InChI=1S/C15H11N5O2.C6H12O.C2H6/c16-14(21)11-6-18-13-4-2-9(7-20(11)13)8-1-3-12-10(5-8)19-15(17)22-12;7-6-4-2-1-3-5-6;1-2/h1-7H,(H2,16,21)(H2,17,19);6-7H,1-5H2;1-2H3. The predicted molar refractivity (Wildman–Crippen MR) is 122 cm³/mol. The zero-order valence-corrected chi connectivity index (χ0v) is 17.9. The molecule has 5 rings (SSSR count). The Morgan fingerprint density at radius 3 is 2.48 bits per heavy atom. The zero-order valence-electron chi connectivity index (χ0n) is 17.9. The third kappa shape index (κ3) is 5.21. The molecule has 31 heavy (non-hydrogen) atoms. The average molecular weight is 424 g/mol. The second-order valence-corrected chi connectivity index (χ2v) is 7.18. The Bertz CT molecular complexity index is 1160. The number of primary amides is 1. The maximum Gasteiger partial charge on any atom is 0.292 e. The van der Waals surface area contributed by atoms with Crippen molar-refractivity contribution in [3.8, 4) is 11.1 Å². The molecule has 1 amide bonds. The summed E-state index contributed by atoms with van der Waals surface area (Å²) < 4.78 is 6.92. The molecule has 164 valence electrons. The number of fused-ring (bicyclic) bond motifs is 2. The Labute approximate surface area is 180 Å². The summed E-state index contributed by atoms with van der Waals surface area (Å²) in [6, 6.07) is 9.45. The SMILES string of the molecule is CC.NC(=O)c1cnc2ccc(-c3ccc4oc(N)nc4c3)cn12.OC1CCCCC1. The highest BCUT2D eigenvalue weighted by molar-refractivity contribution is 5.92. The van der Waals surface area contributed by atoms with Crippen molar-refractivity contribution in [2.75, 3.05) is 5.73 Å². The molecule has 3 aromatic heterocycles. The lowest BCUT2D eigenvalue weighted by molar-refractivity contribution is 0.0994. The molecule has 1 fully saturated rings. The van der Waals surface area contributed by atoms with Gasteiger partial charge >= 0.3 is 0 Å². The summed E-state index contributed by atoms with van der Waals surface area (Å²) in [7, 11) is 0. The lowest BCUT2D eigenvalue weighted by Gasteiger charge is -2.14. The minimum atomic E-state index is -0.524. The van der Waals surface area contributed by atoms with E-state index in [9.17, 15) is 4.79 Å². The van der Waals surface area contributed by atoms with Gasteiger partial charge in [0.05, 0.1) is 12.3 Å². The van der Waals surface area contributed by atoms with Crippen LogP contribution in [0.1, 0.15) is 56.4 Å². The number of aliphatic hydroxyl groups excluding tert-OH is 1. The van der Waals surface area contributed by atoms with Crippen LogP contribution in [0.3, 0.4) is 0 Å². The van der Waals surface area contributed by atoms with E-state index in [1.54, 1.807) is 10.5 Å². The van der Waals surface area contributed by atoms with Gasteiger partial charge in [-0.3, -0.25) is 9.20 Å². The van der Waals surface area contributed by atoms with Crippen LogP contribution < -0.4 is 11.5 Å².